The monoisotopic (exact) mass is 155 g/mol. The number of nitrogens with zero attached hydrogens (tertiary/aromatic N) is 1. The van der Waals surface area contributed by atoms with E-state index in [2.05, 4.69) is 15.5 Å². The lowest BCUT2D eigenvalue weighted by atomic mass is 10.3. The lowest BCUT2D eigenvalue weighted by molar-refractivity contribution is 0.0698. The Balaban J connectivity index is 2.87. The van der Waals surface area contributed by atoms with E-state index in [1.165, 1.54) is 6.20 Å². The van der Waals surface area contributed by atoms with Crippen molar-refractivity contribution in [3.63, 3.8) is 0 Å². The lowest BCUT2D eigenvalue weighted by Gasteiger charge is -1.97. The summed E-state index contributed by atoms with van der Waals surface area (Å²) in [5.41, 5.74) is 0.173. The van der Waals surface area contributed by atoms with Gasteiger partial charge in [0, 0.05) is 12.7 Å². The van der Waals surface area contributed by atoms with Crippen LogP contribution < -0.4 is 5.32 Å². The number of carboxylic acid groups (broad SMARTS) is 1. The van der Waals surface area contributed by atoms with Crippen LogP contribution in [0.5, 0.6) is 0 Å². The first-order chi connectivity index (χ1) is 5.25. The average molecular weight is 155 g/mol. The minimum Gasteiger partial charge on any atom is -0.477 e. The molecule has 0 bridgehead atoms. The fourth-order valence-electron chi connectivity index (χ4n) is 0.755. The number of H-pyrrole nitrogens is 1. The summed E-state index contributed by atoms with van der Waals surface area (Å²) in [5, 5.41) is 17.6. The molecule has 0 aliphatic rings. The van der Waals surface area contributed by atoms with E-state index in [9.17, 15) is 4.79 Å². The van der Waals surface area contributed by atoms with Crippen molar-refractivity contribution in [1.29, 1.82) is 0 Å². The fourth-order valence-corrected chi connectivity index (χ4v) is 0.755. The molecule has 0 aromatic carbocycles. The van der Waals surface area contributed by atoms with E-state index in [1.807, 2.05) is 6.92 Å². The number of anilines is 1. The summed E-state index contributed by atoms with van der Waals surface area (Å²) >= 11 is 0. The molecule has 0 saturated carbocycles. The van der Waals surface area contributed by atoms with Gasteiger partial charge < -0.3 is 10.4 Å². The molecular weight excluding hydrogens is 146 g/mol. The highest BCUT2D eigenvalue weighted by molar-refractivity contribution is 5.92. The summed E-state index contributed by atoms with van der Waals surface area (Å²) in [6.45, 7) is 2.53. The van der Waals surface area contributed by atoms with Gasteiger partial charge in [-0.3, -0.25) is 5.10 Å². The first-order valence-corrected chi connectivity index (χ1v) is 3.26. The van der Waals surface area contributed by atoms with E-state index in [4.69, 9.17) is 5.11 Å². The second-order valence-corrected chi connectivity index (χ2v) is 1.98. The number of nitrogens with one attached hydrogen (secondary N) is 2. The summed E-state index contributed by atoms with van der Waals surface area (Å²) in [6, 6.07) is 0. The molecule has 0 spiro atoms. The predicted octanol–water partition coefficient (Wildman–Crippen LogP) is 0.540. The Hall–Kier alpha value is -1.52. The van der Waals surface area contributed by atoms with E-state index < -0.39 is 5.97 Å². The maximum Gasteiger partial charge on any atom is 0.341 e. The molecule has 11 heavy (non-hydrogen) atoms. The molecule has 5 nitrogen and oxygen atoms in total. The predicted molar refractivity (Wildman–Crippen MR) is 39.7 cm³/mol. The van der Waals surface area contributed by atoms with Crippen LogP contribution in [0.2, 0.25) is 0 Å². The molecule has 1 aromatic rings. The Labute approximate surface area is 63.4 Å². The van der Waals surface area contributed by atoms with Crippen LogP contribution in [0.1, 0.15) is 17.3 Å². The van der Waals surface area contributed by atoms with E-state index >= 15 is 0 Å². The Bertz CT molecular complexity index is 256. The summed E-state index contributed by atoms with van der Waals surface area (Å²) in [5.74, 6) is -0.588. The molecule has 0 atom stereocenters. The maximum absolute atomic E-state index is 10.5. The maximum atomic E-state index is 10.5. The molecule has 0 amide bonds. The quantitative estimate of drug-likeness (QED) is 0.595. The van der Waals surface area contributed by atoms with Gasteiger partial charge in [-0.25, -0.2) is 4.79 Å². The van der Waals surface area contributed by atoms with Gasteiger partial charge in [0.2, 0.25) is 0 Å². The van der Waals surface area contributed by atoms with Crippen LogP contribution >= 0.6 is 0 Å². The number of rotatable bonds is 3. The van der Waals surface area contributed by atoms with Crippen molar-refractivity contribution in [1.82, 2.24) is 10.2 Å². The molecule has 60 valence electrons. The number of aromatic amines is 1. The summed E-state index contributed by atoms with van der Waals surface area (Å²) in [4.78, 5) is 10.5. The van der Waals surface area contributed by atoms with Crippen LogP contribution in [-0.2, 0) is 0 Å². The fraction of sp³-hybridized carbons (Fsp3) is 0.333. The van der Waals surface area contributed by atoms with E-state index in [0.717, 1.165) is 0 Å². The topological polar surface area (TPSA) is 78.0 Å². The van der Waals surface area contributed by atoms with Crippen LogP contribution in [0.25, 0.3) is 0 Å². The largest absolute Gasteiger partial charge is 0.477 e. The standard InChI is InChI=1S/C6H9N3O2/c1-2-7-5-4(6(10)11)3-8-9-5/h3H,2H2,1H3,(H,10,11)(H2,7,8,9). The highest BCUT2D eigenvalue weighted by Gasteiger charge is 2.10. The zero-order valence-corrected chi connectivity index (χ0v) is 6.09. The molecule has 1 rings (SSSR count). The molecule has 0 unspecified atom stereocenters. The van der Waals surface area contributed by atoms with Gasteiger partial charge in [-0.1, -0.05) is 0 Å². The van der Waals surface area contributed by atoms with E-state index in [0.29, 0.717) is 12.4 Å². The summed E-state index contributed by atoms with van der Waals surface area (Å²) in [6.07, 6.45) is 1.35. The van der Waals surface area contributed by atoms with Crippen molar-refractivity contribution in [2.24, 2.45) is 0 Å². The Kier molecular flexibility index (Phi) is 2.10. The SMILES string of the molecule is CCNc1n[nH]cc1C(=O)O. The lowest BCUT2D eigenvalue weighted by Crippen LogP contribution is -2.03. The second kappa shape index (κ2) is 3.05. The van der Waals surface area contributed by atoms with Crippen molar-refractivity contribution in [3.05, 3.63) is 11.8 Å². The zero-order valence-electron chi connectivity index (χ0n) is 6.09. The van der Waals surface area contributed by atoms with Gasteiger partial charge in [0.15, 0.2) is 5.82 Å². The molecule has 1 heterocycles. The van der Waals surface area contributed by atoms with Gasteiger partial charge in [-0.2, -0.15) is 5.10 Å². The van der Waals surface area contributed by atoms with E-state index in [-0.39, 0.29) is 5.56 Å². The minimum atomic E-state index is -0.977. The number of hydrogen-bond donors (Lipinski definition) is 3. The van der Waals surface area contributed by atoms with Crippen LogP contribution in [-0.4, -0.2) is 27.8 Å². The second-order valence-electron chi connectivity index (χ2n) is 1.98. The smallest absolute Gasteiger partial charge is 0.341 e. The number of carboxylic acids is 1. The molecule has 3 N–H and O–H groups in total. The van der Waals surface area contributed by atoms with Crippen molar-refractivity contribution in [2.45, 2.75) is 6.92 Å². The van der Waals surface area contributed by atoms with Crippen LogP contribution in [0, 0.1) is 0 Å². The molecule has 0 aliphatic carbocycles. The van der Waals surface area contributed by atoms with E-state index in [1.54, 1.807) is 0 Å². The van der Waals surface area contributed by atoms with Gasteiger partial charge in [-0.05, 0) is 6.92 Å². The molecule has 5 heteroatoms. The number of aromatic nitrogens is 2. The molecule has 0 aliphatic heterocycles. The number of hydrogen-bond acceptors (Lipinski definition) is 3. The van der Waals surface area contributed by atoms with Gasteiger partial charge >= 0.3 is 5.97 Å². The first-order valence-electron chi connectivity index (χ1n) is 3.26. The number of aromatic carboxylic acids is 1. The molecule has 0 fully saturated rings. The average Bonchev–Trinajstić information content (AvgIpc) is 2.36. The first kappa shape index (κ1) is 7.59. The Morgan fingerprint density at radius 1 is 1.91 bits per heavy atom. The third-order valence-electron chi connectivity index (χ3n) is 1.21. The molecule has 0 saturated heterocycles. The minimum absolute atomic E-state index is 0.173. The van der Waals surface area contributed by atoms with Gasteiger partial charge in [0.05, 0.1) is 0 Å². The van der Waals surface area contributed by atoms with Crippen molar-refractivity contribution in [3.8, 4) is 0 Å². The Morgan fingerprint density at radius 3 is 3.18 bits per heavy atom. The summed E-state index contributed by atoms with van der Waals surface area (Å²) in [7, 11) is 0. The molecule has 1 aromatic heterocycles. The zero-order chi connectivity index (χ0) is 8.27. The highest BCUT2D eigenvalue weighted by Crippen LogP contribution is 2.09. The van der Waals surface area contributed by atoms with Gasteiger partial charge in [0.25, 0.3) is 0 Å². The van der Waals surface area contributed by atoms with Crippen molar-refractivity contribution < 1.29 is 9.90 Å². The highest BCUT2D eigenvalue weighted by atomic mass is 16.4. The van der Waals surface area contributed by atoms with Gasteiger partial charge in [0.1, 0.15) is 5.56 Å². The van der Waals surface area contributed by atoms with Crippen LogP contribution in [0.3, 0.4) is 0 Å². The molecular formula is C6H9N3O2. The van der Waals surface area contributed by atoms with Gasteiger partial charge in [-0.15, -0.1) is 0 Å². The summed E-state index contributed by atoms with van der Waals surface area (Å²) < 4.78 is 0. The van der Waals surface area contributed by atoms with Crippen molar-refractivity contribution in [2.75, 3.05) is 11.9 Å². The third kappa shape index (κ3) is 1.49. The normalized spacial score (nSPS) is 9.55. The molecule has 0 radical (unpaired) electrons. The Morgan fingerprint density at radius 2 is 2.64 bits per heavy atom. The van der Waals surface area contributed by atoms with Crippen LogP contribution in [0.4, 0.5) is 5.82 Å². The number of carbonyl (C=O) groups is 1. The third-order valence-corrected chi connectivity index (χ3v) is 1.21. The van der Waals surface area contributed by atoms with Crippen molar-refractivity contribution >= 4 is 11.8 Å². The van der Waals surface area contributed by atoms with Crippen LogP contribution in [0.15, 0.2) is 6.20 Å².